The van der Waals surface area contributed by atoms with Gasteiger partial charge in [0, 0.05) is 43.8 Å². The highest BCUT2D eigenvalue weighted by Gasteiger charge is 2.16. The molecule has 7 heteroatoms. The Hall–Kier alpha value is -3.87. The number of imidazole rings is 1. The van der Waals surface area contributed by atoms with Crippen molar-refractivity contribution in [1.82, 2.24) is 19.7 Å². The van der Waals surface area contributed by atoms with Crippen molar-refractivity contribution in [1.29, 1.82) is 0 Å². The van der Waals surface area contributed by atoms with Gasteiger partial charge in [-0.3, -0.25) is 4.79 Å². The molecule has 0 bridgehead atoms. The van der Waals surface area contributed by atoms with Crippen LogP contribution in [0, 0.1) is 5.92 Å². The molecule has 1 aliphatic heterocycles. The van der Waals surface area contributed by atoms with Gasteiger partial charge in [-0.05, 0) is 60.7 Å². The molecule has 0 aliphatic carbocycles. The minimum Gasteiger partial charge on any atom is -0.487 e. The van der Waals surface area contributed by atoms with Crippen LogP contribution in [0.15, 0.2) is 73.2 Å². The summed E-state index contributed by atoms with van der Waals surface area (Å²) in [6.45, 7) is 5.18. The molecule has 0 saturated carbocycles. The summed E-state index contributed by atoms with van der Waals surface area (Å²) in [4.78, 5) is 24.2. The van der Waals surface area contributed by atoms with Crippen LogP contribution >= 0.6 is 0 Å². The number of rotatable bonds is 7. The van der Waals surface area contributed by atoms with Gasteiger partial charge < -0.3 is 19.4 Å². The highest BCUT2D eigenvalue weighted by atomic mass is 16.5. The largest absolute Gasteiger partial charge is 0.487 e. The average molecular weight is 456 g/mol. The van der Waals surface area contributed by atoms with Crippen LogP contribution in [0.5, 0.6) is 5.75 Å². The van der Waals surface area contributed by atoms with E-state index in [4.69, 9.17) is 4.74 Å². The minimum absolute atomic E-state index is 0.146. The number of carbonyl (C=O) groups is 1. The van der Waals surface area contributed by atoms with Crippen molar-refractivity contribution < 1.29 is 9.53 Å². The zero-order valence-corrected chi connectivity index (χ0v) is 19.4. The summed E-state index contributed by atoms with van der Waals surface area (Å²) in [5.41, 5.74) is 3.24. The van der Waals surface area contributed by atoms with Gasteiger partial charge in [-0.25, -0.2) is 9.97 Å². The molecule has 1 fully saturated rings. The van der Waals surface area contributed by atoms with Crippen molar-refractivity contribution in [3.8, 4) is 5.75 Å². The molecule has 1 aromatic carbocycles. The van der Waals surface area contributed by atoms with Crippen LogP contribution in [-0.4, -0.2) is 33.4 Å². The Bertz CT molecular complexity index is 1230. The summed E-state index contributed by atoms with van der Waals surface area (Å²) in [5.74, 6) is 2.29. The lowest BCUT2D eigenvalue weighted by Crippen LogP contribution is -2.33. The normalized spacial score (nSPS) is 14.3. The first kappa shape index (κ1) is 21.9. The number of ether oxygens (including phenoxy) is 1. The lowest BCUT2D eigenvalue weighted by molar-refractivity contribution is 0.0950. The van der Waals surface area contributed by atoms with Gasteiger partial charge in [-0.1, -0.05) is 25.1 Å². The van der Waals surface area contributed by atoms with Crippen molar-refractivity contribution in [2.24, 2.45) is 5.92 Å². The maximum atomic E-state index is 12.7. The number of aromatic nitrogens is 3. The molecule has 34 heavy (non-hydrogen) atoms. The van der Waals surface area contributed by atoms with Crippen molar-refractivity contribution in [3.05, 3.63) is 90.0 Å². The first-order valence-corrected chi connectivity index (χ1v) is 11.8. The third-order valence-corrected chi connectivity index (χ3v) is 6.27. The van der Waals surface area contributed by atoms with Crippen molar-refractivity contribution in [3.63, 3.8) is 0 Å². The maximum absolute atomic E-state index is 12.7. The standard InChI is InChI=1S/C27H29N5O2/c1-20-10-13-31(14-11-20)25-9-8-21(16-28-25)17-29-27(33)22-5-4-6-24(15-22)34-19-23-18-32-12-3-2-7-26(32)30-23/h2-9,12,15-16,18,20H,10-11,13-14,17,19H2,1H3,(H,29,33). The summed E-state index contributed by atoms with van der Waals surface area (Å²) in [6, 6.07) is 17.2. The Balaban J connectivity index is 1.14. The third kappa shape index (κ3) is 5.20. The molecule has 4 aromatic rings. The first-order valence-electron chi connectivity index (χ1n) is 11.8. The molecule has 5 rings (SSSR count). The molecule has 0 unspecified atom stereocenters. The highest BCUT2D eigenvalue weighted by molar-refractivity contribution is 5.94. The molecular formula is C27H29N5O2. The maximum Gasteiger partial charge on any atom is 0.251 e. The monoisotopic (exact) mass is 455 g/mol. The predicted octanol–water partition coefficient (Wildman–Crippen LogP) is 4.47. The second kappa shape index (κ2) is 9.95. The minimum atomic E-state index is -0.146. The third-order valence-electron chi connectivity index (χ3n) is 6.27. The van der Waals surface area contributed by atoms with E-state index < -0.39 is 0 Å². The van der Waals surface area contributed by atoms with Crippen LogP contribution in [0.1, 0.15) is 41.4 Å². The van der Waals surface area contributed by atoms with Gasteiger partial charge >= 0.3 is 0 Å². The molecule has 4 heterocycles. The molecular weight excluding hydrogens is 426 g/mol. The topological polar surface area (TPSA) is 71.8 Å². The molecule has 1 N–H and O–H groups in total. The molecule has 1 amide bonds. The van der Waals surface area contributed by atoms with Gasteiger partial charge in [0.1, 0.15) is 23.8 Å². The molecule has 1 saturated heterocycles. The number of hydrogen-bond acceptors (Lipinski definition) is 5. The Labute approximate surface area is 199 Å². The number of hydrogen-bond donors (Lipinski definition) is 1. The van der Waals surface area contributed by atoms with E-state index >= 15 is 0 Å². The quantitative estimate of drug-likeness (QED) is 0.445. The molecule has 0 radical (unpaired) electrons. The average Bonchev–Trinajstić information content (AvgIpc) is 3.30. The van der Waals surface area contributed by atoms with Crippen LogP contribution in [0.25, 0.3) is 5.65 Å². The van der Waals surface area contributed by atoms with E-state index in [9.17, 15) is 4.79 Å². The number of carbonyl (C=O) groups excluding carboxylic acids is 1. The van der Waals surface area contributed by atoms with Crippen LogP contribution in [0.3, 0.4) is 0 Å². The molecule has 7 nitrogen and oxygen atoms in total. The SMILES string of the molecule is CC1CCN(c2ccc(CNC(=O)c3cccc(OCc4cn5ccccc5n4)c3)cn2)CC1. The Morgan fingerprint density at radius 2 is 2.00 bits per heavy atom. The van der Waals surface area contributed by atoms with Gasteiger partial charge in [0.2, 0.25) is 0 Å². The molecule has 1 aliphatic rings. The van der Waals surface area contributed by atoms with E-state index in [1.165, 1.54) is 12.8 Å². The fourth-order valence-electron chi connectivity index (χ4n) is 4.17. The number of pyridine rings is 2. The number of benzene rings is 1. The highest BCUT2D eigenvalue weighted by Crippen LogP contribution is 2.21. The lowest BCUT2D eigenvalue weighted by Gasteiger charge is -2.31. The fourth-order valence-corrected chi connectivity index (χ4v) is 4.17. The number of nitrogens with one attached hydrogen (secondary N) is 1. The molecule has 174 valence electrons. The smallest absolute Gasteiger partial charge is 0.251 e. The zero-order chi connectivity index (χ0) is 23.3. The van der Waals surface area contributed by atoms with Crippen molar-refractivity contribution in [2.75, 3.05) is 18.0 Å². The summed E-state index contributed by atoms with van der Waals surface area (Å²) in [5, 5.41) is 2.98. The lowest BCUT2D eigenvalue weighted by atomic mass is 9.99. The van der Waals surface area contributed by atoms with Gasteiger partial charge in [0.05, 0.1) is 5.69 Å². The second-order valence-corrected chi connectivity index (χ2v) is 8.89. The number of anilines is 1. The Morgan fingerprint density at radius 3 is 2.79 bits per heavy atom. The summed E-state index contributed by atoms with van der Waals surface area (Å²) >= 11 is 0. The Kier molecular flexibility index (Phi) is 6.42. The van der Waals surface area contributed by atoms with Crippen LogP contribution in [-0.2, 0) is 13.2 Å². The molecule has 3 aromatic heterocycles. The van der Waals surface area contributed by atoms with Crippen molar-refractivity contribution in [2.45, 2.75) is 32.9 Å². The number of amides is 1. The van der Waals surface area contributed by atoms with E-state index in [0.717, 1.165) is 41.7 Å². The van der Waals surface area contributed by atoms with E-state index in [1.807, 2.05) is 65.5 Å². The van der Waals surface area contributed by atoms with Gasteiger partial charge in [0.15, 0.2) is 0 Å². The van der Waals surface area contributed by atoms with Crippen LogP contribution in [0.2, 0.25) is 0 Å². The second-order valence-electron chi connectivity index (χ2n) is 8.89. The van der Waals surface area contributed by atoms with Crippen molar-refractivity contribution >= 4 is 17.4 Å². The van der Waals surface area contributed by atoms with Gasteiger partial charge in [-0.2, -0.15) is 0 Å². The van der Waals surface area contributed by atoms with Crippen LogP contribution in [0.4, 0.5) is 5.82 Å². The van der Waals surface area contributed by atoms with E-state index in [1.54, 1.807) is 12.1 Å². The van der Waals surface area contributed by atoms with E-state index in [0.29, 0.717) is 24.5 Å². The molecule has 0 atom stereocenters. The van der Waals surface area contributed by atoms with Gasteiger partial charge in [0.25, 0.3) is 5.91 Å². The predicted molar refractivity (Wildman–Crippen MR) is 132 cm³/mol. The van der Waals surface area contributed by atoms with E-state index in [2.05, 4.69) is 27.1 Å². The zero-order valence-electron chi connectivity index (χ0n) is 19.4. The summed E-state index contributed by atoms with van der Waals surface area (Å²) in [7, 11) is 0. The fraction of sp³-hybridized carbons (Fsp3) is 0.296. The number of piperidine rings is 1. The Morgan fingerprint density at radius 1 is 1.12 bits per heavy atom. The van der Waals surface area contributed by atoms with Crippen LogP contribution < -0.4 is 15.0 Å². The summed E-state index contributed by atoms with van der Waals surface area (Å²) in [6.07, 6.45) is 8.16. The van der Waals surface area contributed by atoms with Gasteiger partial charge in [-0.15, -0.1) is 0 Å². The van der Waals surface area contributed by atoms with E-state index in [-0.39, 0.29) is 5.91 Å². The molecule has 0 spiro atoms. The first-order chi connectivity index (χ1) is 16.6. The summed E-state index contributed by atoms with van der Waals surface area (Å²) < 4.78 is 7.84. The number of nitrogens with zero attached hydrogens (tertiary/aromatic N) is 4. The number of fused-ring (bicyclic) bond motifs is 1.